The summed E-state index contributed by atoms with van der Waals surface area (Å²) in [6.45, 7) is 6.09. The van der Waals surface area contributed by atoms with Crippen LogP contribution in [0.2, 0.25) is 0 Å². The van der Waals surface area contributed by atoms with Crippen LogP contribution in [0.15, 0.2) is 23.0 Å². The van der Waals surface area contributed by atoms with Crippen molar-refractivity contribution in [2.75, 3.05) is 0 Å². The third-order valence-electron chi connectivity index (χ3n) is 3.40. The Labute approximate surface area is 124 Å². The van der Waals surface area contributed by atoms with Gasteiger partial charge in [-0.05, 0) is 12.3 Å². The monoisotopic (exact) mass is 290 g/mol. The standard InChI is InChI=1S/C15H22N4O2/c1-5-6-11(14-16-7-8-19(14)4)17-15(20)13-9-12(10(2)3)18-21-13/h7-11H,5-6H2,1-4H3,(H,17,20)/t11-/m0/s1. The second-order valence-electron chi connectivity index (χ2n) is 5.48. The van der Waals surface area contributed by atoms with Gasteiger partial charge in [-0.3, -0.25) is 4.79 Å². The first-order valence-electron chi connectivity index (χ1n) is 7.27. The molecule has 0 bridgehead atoms. The summed E-state index contributed by atoms with van der Waals surface area (Å²) in [5.74, 6) is 1.06. The van der Waals surface area contributed by atoms with Crippen molar-refractivity contribution in [2.45, 2.75) is 45.6 Å². The quantitative estimate of drug-likeness (QED) is 0.887. The van der Waals surface area contributed by atoms with E-state index < -0.39 is 0 Å². The average Bonchev–Trinajstić information content (AvgIpc) is 3.06. The van der Waals surface area contributed by atoms with E-state index in [9.17, 15) is 4.79 Å². The van der Waals surface area contributed by atoms with Crippen molar-refractivity contribution in [1.29, 1.82) is 0 Å². The first kappa shape index (κ1) is 15.3. The van der Waals surface area contributed by atoms with Gasteiger partial charge in [0.05, 0.1) is 11.7 Å². The molecule has 1 atom stereocenters. The summed E-state index contributed by atoms with van der Waals surface area (Å²) in [4.78, 5) is 16.6. The lowest BCUT2D eigenvalue weighted by molar-refractivity contribution is 0.0894. The molecule has 1 N–H and O–H groups in total. The Hall–Kier alpha value is -2.11. The van der Waals surface area contributed by atoms with Crippen molar-refractivity contribution in [3.8, 4) is 0 Å². The molecule has 0 aliphatic rings. The molecule has 0 radical (unpaired) electrons. The minimum absolute atomic E-state index is 0.130. The molecule has 0 aliphatic carbocycles. The summed E-state index contributed by atoms with van der Waals surface area (Å²) in [6, 6.07) is 1.57. The Morgan fingerprint density at radius 2 is 2.24 bits per heavy atom. The van der Waals surface area contributed by atoms with E-state index in [1.54, 1.807) is 12.3 Å². The van der Waals surface area contributed by atoms with Crippen LogP contribution in [0.4, 0.5) is 0 Å². The van der Waals surface area contributed by atoms with Crippen molar-refractivity contribution in [1.82, 2.24) is 20.0 Å². The van der Waals surface area contributed by atoms with Crippen LogP contribution in [-0.4, -0.2) is 20.6 Å². The molecule has 2 aromatic rings. The van der Waals surface area contributed by atoms with E-state index in [4.69, 9.17) is 4.52 Å². The Balaban J connectivity index is 2.12. The summed E-state index contributed by atoms with van der Waals surface area (Å²) in [5, 5.41) is 6.89. The van der Waals surface area contributed by atoms with Gasteiger partial charge in [-0.25, -0.2) is 4.98 Å². The second kappa shape index (κ2) is 6.56. The fourth-order valence-electron chi connectivity index (χ4n) is 2.16. The number of aryl methyl sites for hydroxylation is 1. The zero-order valence-corrected chi connectivity index (χ0v) is 13.0. The molecule has 21 heavy (non-hydrogen) atoms. The van der Waals surface area contributed by atoms with Crippen LogP contribution in [0.1, 0.15) is 67.6 Å². The van der Waals surface area contributed by atoms with Gasteiger partial charge >= 0.3 is 0 Å². The molecule has 0 saturated heterocycles. The van der Waals surface area contributed by atoms with Gasteiger partial charge in [0.2, 0.25) is 5.76 Å². The maximum absolute atomic E-state index is 12.3. The largest absolute Gasteiger partial charge is 0.351 e. The molecule has 0 aromatic carbocycles. The minimum atomic E-state index is -0.254. The van der Waals surface area contributed by atoms with Crippen LogP contribution < -0.4 is 5.32 Å². The van der Waals surface area contributed by atoms with Gasteiger partial charge in [0.15, 0.2) is 0 Å². The molecule has 2 rings (SSSR count). The summed E-state index contributed by atoms with van der Waals surface area (Å²) in [7, 11) is 1.92. The number of carbonyl (C=O) groups is 1. The summed E-state index contributed by atoms with van der Waals surface area (Å²) in [6.07, 6.45) is 5.37. The summed E-state index contributed by atoms with van der Waals surface area (Å²) in [5.41, 5.74) is 0.782. The van der Waals surface area contributed by atoms with Crippen LogP contribution in [0.25, 0.3) is 0 Å². The predicted octanol–water partition coefficient (Wildman–Crippen LogP) is 2.80. The maximum Gasteiger partial charge on any atom is 0.290 e. The van der Waals surface area contributed by atoms with Crippen LogP contribution in [-0.2, 0) is 7.05 Å². The zero-order valence-electron chi connectivity index (χ0n) is 13.0. The molecule has 0 aliphatic heterocycles. The number of carbonyl (C=O) groups excluding carboxylic acids is 1. The van der Waals surface area contributed by atoms with Crippen molar-refractivity contribution in [3.05, 3.63) is 35.7 Å². The van der Waals surface area contributed by atoms with Gasteiger partial charge in [-0.1, -0.05) is 32.3 Å². The van der Waals surface area contributed by atoms with Crippen LogP contribution in [0, 0.1) is 0 Å². The molecule has 2 heterocycles. The molecule has 6 nitrogen and oxygen atoms in total. The third-order valence-corrected chi connectivity index (χ3v) is 3.40. The van der Waals surface area contributed by atoms with Gasteiger partial charge < -0.3 is 14.4 Å². The number of hydrogen-bond acceptors (Lipinski definition) is 4. The lowest BCUT2D eigenvalue weighted by Crippen LogP contribution is -2.30. The second-order valence-corrected chi connectivity index (χ2v) is 5.48. The highest BCUT2D eigenvalue weighted by Gasteiger charge is 2.21. The maximum atomic E-state index is 12.3. The highest BCUT2D eigenvalue weighted by molar-refractivity contribution is 5.91. The lowest BCUT2D eigenvalue weighted by atomic mass is 10.1. The number of rotatable bonds is 6. The Morgan fingerprint density at radius 3 is 2.76 bits per heavy atom. The van der Waals surface area contributed by atoms with E-state index in [2.05, 4.69) is 22.4 Å². The average molecular weight is 290 g/mol. The molecular weight excluding hydrogens is 268 g/mol. The van der Waals surface area contributed by atoms with Gasteiger partial charge in [0.25, 0.3) is 5.91 Å². The molecule has 114 valence electrons. The third kappa shape index (κ3) is 3.51. The van der Waals surface area contributed by atoms with Crippen molar-refractivity contribution in [2.24, 2.45) is 7.05 Å². The first-order valence-corrected chi connectivity index (χ1v) is 7.27. The zero-order chi connectivity index (χ0) is 15.4. The highest BCUT2D eigenvalue weighted by Crippen LogP contribution is 2.18. The molecule has 1 amide bonds. The van der Waals surface area contributed by atoms with Crippen LogP contribution >= 0.6 is 0 Å². The number of hydrogen-bond donors (Lipinski definition) is 1. The highest BCUT2D eigenvalue weighted by atomic mass is 16.5. The number of imidazole rings is 1. The predicted molar refractivity (Wildman–Crippen MR) is 78.9 cm³/mol. The Morgan fingerprint density at radius 1 is 1.48 bits per heavy atom. The van der Waals surface area contributed by atoms with E-state index in [0.717, 1.165) is 24.4 Å². The fourth-order valence-corrected chi connectivity index (χ4v) is 2.16. The number of nitrogens with one attached hydrogen (secondary N) is 1. The van der Waals surface area contributed by atoms with Crippen LogP contribution in [0.5, 0.6) is 0 Å². The van der Waals surface area contributed by atoms with Gasteiger partial charge in [0.1, 0.15) is 5.82 Å². The molecule has 0 saturated carbocycles. The SMILES string of the molecule is CCC[C@H](NC(=O)c1cc(C(C)C)no1)c1nccn1C. The summed E-state index contributed by atoms with van der Waals surface area (Å²) >= 11 is 0. The van der Waals surface area contributed by atoms with Crippen molar-refractivity contribution >= 4 is 5.91 Å². The van der Waals surface area contributed by atoms with Crippen molar-refractivity contribution in [3.63, 3.8) is 0 Å². The normalized spacial score (nSPS) is 12.6. The summed E-state index contributed by atoms with van der Waals surface area (Å²) < 4.78 is 7.04. The van der Waals surface area contributed by atoms with Gasteiger partial charge in [-0.15, -0.1) is 0 Å². The van der Waals surface area contributed by atoms with Gasteiger partial charge in [0, 0.05) is 25.5 Å². The molecule has 0 fully saturated rings. The lowest BCUT2D eigenvalue weighted by Gasteiger charge is -2.16. The van der Waals surface area contributed by atoms with E-state index in [-0.39, 0.29) is 23.6 Å². The van der Waals surface area contributed by atoms with Gasteiger partial charge in [-0.2, -0.15) is 0 Å². The number of aromatic nitrogens is 3. The molecule has 2 aromatic heterocycles. The van der Waals surface area contributed by atoms with Crippen LogP contribution in [0.3, 0.4) is 0 Å². The molecule has 0 unspecified atom stereocenters. The van der Waals surface area contributed by atoms with E-state index in [1.165, 1.54) is 0 Å². The Bertz CT molecular complexity index is 600. The molecule has 0 spiro atoms. The van der Waals surface area contributed by atoms with Crippen molar-refractivity contribution < 1.29 is 9.32 Å². The van der Waals surface area contributed by atoms with E-state index >= 15 is 0 Å². The first-order chi connectivity index (χ1) is 10.0. The number of amides is 1. The Kier molecular flexibility index (Phi) is 4.77. The molecular formula is C15H22N4O2. The smallest absolute Gasteiger partial charge is 0.290 e. The number of nitrogens with zero attached hydrogens (tertiary/aromatic N) is 3. The fraction of sp³-hybridized carbons (Fsp3) is 0.533. The van der Waals surface area contributed by atoms with E-state index in [0.29, 0.717) is 0 Å². The topological polar surface area (TPSA) is 73.0 Å². The molecule has 6 heteroatoms. The van der Waals surface area contributed by atoms with E-state index in [1.807, 2.05) is 31.7 Å². The minimum Gasteiger partial charge on any atom is -0.351 e.